The third kappa shape index (κ3) is 7.26. The fourth-order valence-electron chi connectivity index (χ4n) is 8.50. The zero-order valence-electron chi connectivity index (χ0n) is 33.3. The number of hydrogen-bond acceptors (Lipinski definition) is 6. The van der Waals surface area contributed by atoms with Gasteiger partial charge < -0.3 is 29.6 Å². The number of hydrogen-bond donors (Lipinski definition) is 2. The molecular weight excluding hydrogens is 724 g/mol. The maximum absolute atomic E-state index is 5.53. The van der Waals surface area contributed by atoms with Gasteiger partial charge in [-0.25, -0.2) is 9.97 Å². The fraction of sp³-hybridized carbons (Fsp3) is 0.250. The molecule has 0 unspecified atom stereocenters. The van der Waals surface area contributed by atoms with E-state index < -0.39 is 0 Å². The monoisotopic (exact) mass is 774 g/mol. The molecule has 6 aliphatic heterocycles. The van der Waals surface area contributed by atoms with Gasteiger partial charge in [0.2, 0.25) is 0 Å². The summed E-state index contributed by atoms with van der Waals surface area (Å²) in [7, 11) is 0. The van der Waals surface area contributed by atoms with Crippen molar-refractivity contribution < 1.29 is 0 Å². The van der Waals surface area contributed by atoms with Crippen LogP contribution in [0.15, 0.2) is 97.7 Å². The molecule has 0 aromatic carbocycles. The third-order valence-electron chi connectivity index (χ3n) is 11.5. The van der Waals surface area contributed by atoms with Gasteiger partial charge in [-0.05, 0) is 148 Å². The normalized spacial score (nSPS) is 17.2. The third-order valence-corrected chi connectivity index (χ3v) is 11.5. The van der Waals surface area contributed by atoms with Crippen LogP contribution < -0.4 is 0 Å². The molecule has 9 heteroatoms. The van der Waals surface area contributed by atoms with E-state index in [1.54, 1.807) is 0 Å². The summed E-state index contributed by atoms with van der Waals surface area (Å²) in [5, 5.41) is 0. The van der Waals surface area contributed by atoms with Crippen molar-refractivity contribution >= 4 is 81.1 Å². The van der Waals surface area contributed by atoms with E-state index in [0.717, 1.165) is 119 Å². The number of nitrogens with one attached hydrogen (secondary N) is 2. The highest BCUT2D eigenvalue weighted by Gasteiger charge is 2.23. The van der Waals surface area contributed by atoms with Crippen LogP contribution in [0.1, 0.15) is 72.7 Å². The maximum atomic E-state index is 5.53. The lowest BCUT2D eigenvalue weighted by atomic mass is 10.0. The average molecular weight is 775 g/mol. The van der Waals surface area contributed by atoms with Gasteiger partial charge in [0.05, 0.1) is 22.8 Å². The van der Waals surface area contributed by atoms with Crippen molar-refractivity contribution in [2.24, 2.45) is 0 Å². The molecular formula is C48H51ClN8. The molecule has 0 aliphatic carbocycles. The van der Waals surface area contributed by atoms with Gasteiger partial charge in [0.15, 0.2) is 0 Å². The molecule has 0 fully saturated rings. The van der Waals surface area contributed by atoms with E-state index in [1.165, 1.54) is 22.3 Å². The first-order chi connectivity index (χ1) is 27.5. The molecule has 8 nitrogen and oxygen atoms in total. The van der Waals surface area contributed by atoms with Crippen molar-refractivity contribution in [3.63, 3.8) is 0 Å². The summed E-state index contributed by atoms with van der Waals surface area (Å²) in [6.45, 7) is 15.8. The molecule has 0 saturated heterocycles. The number of halogens is 1. The summed E-state index contributed by atoms with van der Waals surface area (Å²) >= 11 is 0. The van der Waals surface area contributed by atoms with E-state index in [9.17, 15) is 0 Å². The van der Waals surface area contributed by atoms with Crippen molar-refractivity contribution in [2.75, 3.05) is 52.4 Å². The van der Waals surface area contributed by atoms with Crippen LogP contribution in [0.3, 0.4) is 0 Å². The number of rotatable bonds is 8. The van der Waals surface area contributed by atoms with Crippen molar-refractivity contribution in [1.82, 2.24) is 39.5 Å². The highest BCUT2D eigenvalue weighted by Crippen LogP contribution is 2.37. The van der Waals surface area contributed by atoms with E-state index in [-0.39, 0.29) is 12.4 Å². The summed E-state index contributed by atoms with van der Waals surface area (Å²) in [5.41, 5.74) is 17.4. The molecule has 8 bridgehead atoms. The second-order valence-electron chi connectivity index (χ2n) is 14.9. The minimum Gasteiger partial charge on any atom is -0.373 e. The first kappa shape index (κ1) is 37.9. The molecule has 2 N–H and O–H groups in total. The lowest BCUT2D eigenvalue weighted by molar-refractivity contribution is 0.442. The second-order valence-corrected chi connectivity index (χ2v) is 14.9. The number of fused-ring (bicyclic) bond motifs is 8. The quantitative estimate of drug-likeness (QED) is 0.164. The molecule has 9 rings (SSSR count). The topological polar surface area (TPSA) is 70.3 Å². The number of likely N-dealkylation sites (N-methyl/N-ethyl adjacent to an activating group) is 4. The average Bonchev–Trinajstić information content (AvgIpc) is 4.09. The Bertz CT molecular complexity index is 2220. The van der Waals surface area contributed by atoms with Gasteiger partial charge in [0, 0.05) is 96.7 Å². The van der Waals surface area contributed by atoms with Crippen molar-refractivity contribution in [2.45, 2.75) is 27.7 Å². The molecule has 57 heavy (non-hydrogen) atoms. The highest BCUT2D eigenvalue weighted by atomic mass is 35.5. The molecule has 0 saturated carbocycles. The Balaban J connectivity index is 0.00000455. The minimum atomic E-state index is 0. The Morgan fingerprint density at radius 3 is 0.895 bits per heavy atom. The highest BCUT2D eigenvalue weighted by molar-refractivity contribution is 5.97. The summed E-state index contributed by atoms with van der Waals surface area (Å²) < 4.78 is 0. The maximum Gasteiger partial charge on any atom is 0.0734 e. The Labute approximate surface area is 342 Å². The lowest BCUT2D eigenvalue weighted by Gasteiger charge is -2.24. The molecule has 3 aromatic heterocycles. The van der Waals surface area contributed by atoms with E-state index in [1.807, 2.05) is 0 Å². The van der Waals surface area contributed by atoms with Gasteiger partial charge in [-0.2, -0.15) is 0 Å². The van der Waals surface area contributed by atoms with Crippen molar-refractivity contribution in [3.8, 4) is 0 Å². The Hall–Kier alpha value is -5.99. The van der Waals surface area contributed by atoms with E-state index in [2.05, 4.69) is 179 Å². The first-order valence-electron chi connectivity index (χ1n) is 20.2. The molecule has 0 radical (unpaired) electrons. The summed E-state index contributed by atoms with van der Waals surface area (Å²) in [4.78, 5) is 28.3. The SMILES string of the molecule is CCN1C=CC=C(c2c3nc(c(C4=CC=CN(CC)C4)c4ccc([nH]4)c(C4=CC=CN(CC)C4)c4nc(c(C5=CC=CN(CC)C5)c5ccc2[nH]5)C=C4)C=C3)C1.Cl. The predicted molar refractivity (Wildman–Crippen MR) is 244 cm³/mol. The lowest BCUT2D eigenvalue weighted by Crippen LogP contribution is -2.21. The summed E-state index contributed by atoms with van der Waals surface area (Å²) in [6.07, 6.45) is 35.2. The predicted octanol–water partition coefficient (Wildman–Crippen LogP) is 10.0. The van der Waals surface area contributed by atoms with Crippen LogP contribution in [-0.4, -0.2) is 91.9 Å². The Morgan fingerprint density at radius 1 is 0.421 bits per heavy atom. The molecule has 6 aliphatic rings. The molecule has 9 heterocycles. The number of nitrogens with zero attached hydrogens (tertiary/aromatic N) is 6. The molecule has 3 aromatic rings. The second kappa shape index (κ2) is 16.2. The van der Waals surface area contributed by atoms with Gasteiger partial charge in [-0.1, -0.05) is 24.3 Å². The van der Waals surface area contributed by atoms with Crippen molar-refractivity contribution in [3.05, 3.63) is 143 Å². The number of aromatic nitrogens is 4. The van der Waals surface area contributed by atoms with Crippen LogP contribution in [0.4, 0.5) is 0 Å². The molecule has 0 amide bonds. The van der Waals surface area contributed by atoms with Gasteiger partial charge in [0.1, 0.15) is 0 Å². The van der Waals surface area contributed by atoms with Gasteiger partial charge in [0.25, 0.3) is 0 Å². The van der Waals surface area contributed by atoms with Gasteiger partial charge in [-0.15, -0.1) is 12.4 Å². The van der Waals surface area contributed by atoms with E-state index in [0.29, 0.717) is 0 Å². The standard InChI is InChI=1S/C48H50N8.ClH/c1-5-53-25-9-13-33(29-53)45-37-17-19-39(49-37)46(34-14-10-26-54(6-2)30-34)41-21-23-43(51-41)48(36-16-12-28-56(8-4)32-36)44-24-22-42(52-44)47(40-20-18-38(45)50-40)35-15-11-27-55(7-3)31-35;/h9-28,49,52H,5-8,29-32H2,1-4H3;1H. The number of aromatic amines is 2. The number of allylic oxidation sites excluding steroid dienone is 8. The zero-order valence-corrected chi connectivity index (χ0v) is 34.1. The van der Waals surface area contributed by atoms with E-state index >= 15 is 0 Å². The minimum absolute atomic E-state index is 0. The van der Waals surface area contributed by atoms with Gasteiger partial charge in [-0.3, -0.25) is 0 Å². The Kier molecular flexibility index (Phi) is 10.8. The summed E-state index contributed by atoms with van der Waals surface area (Å²) in [6, 6.07) is 8.94. The van der Waals surface area contributed by atoms with Crippen LogP contribution in [0.2, 0.25) is 0 Å². The Morgan fingerprint density at radius 2 is 0.667 bits per heavy atom. The molecule has 290 valence electrons. The van der Waals surface area contributed by atoms with Crippen LogP contribution in [0.25, 0.3) is 68.7 Å². The first-order valence-corrected chi connectivity index (χ1v) is 20.2. The van der Waals surface area contributed by atoms with Crippen LogP contribution in [-0.2, 0) is 0 Å². The largest absolute Gasteiger partial charge is 0.373 e. The van der Waals surface area contributed by atoms with Gasteiger partial charge >= 0.3 is 0 Å². The fourth-order valence-corrected chi connectivity index (χ4v) is 8.50. The smallest absolute Gasteiger partial charge is 0.0734 e. The zero-order chi connectivity index (χ0) is 38.2. The summed E-state index contributed by atoms with van der Waals surface area (Å²) in [5.74, 6) is 0. The molecule has 0 atom stereocenters. The van der Waals surface area contributed by atoms with E-state index in [4.69, 9.17) is 9.97 Å². The van der Waals surface area contributed by atoms with Crippen LogP contribution >= 0.6 is 12.4 Å². The molecule has 0 spiro atoms. The van der Waals surface area contributed by atoms with Crippen LogP contribution in [0, 0.1) is 0 Å². The van der Waals surface area contributed by atoms with Crippen LogP contribution in [0.5, 0.6) is 0 Å². The number of H-pyrrole nitrogens is 2. The van der Waals surface area contributed by atoms with Crippen molar-refractivity contribution in [1.29, 1.82) is 0 Å².